The third kappa shape index (κ3) is 7.91. The zero-order chi connectivity index (χ0) is 28.6. The Morgan fingerprint density at radius 2 is 1.77 bits per heavy atom. The number of carbonyl (C=O) groups excluding carboxylic acids is 1. The Hall–Kier alpha value is -2.30. The van der Waals surface area contributed by atoms with Gasteiger partial charge in [-0.2, -0.15) is 0 Å². The predicted molar refractivity (Wildman–Crippen MR) is 166 cm³/mol. The van der Waals surface area contributed by atoms with Crippen LogP contribution >= 0.6 is 10.8 Å². The summed E-state index contributed by atoms with van der Waals surface area (Å²) in [6.45, 7) is 5.79. The second-order valence-corrected chi connectivity index (χ2v) is 13.5. The quantitative estimate of drug-likeness (QED) is 0.191. The molecule has 2 aromatic rings. The van der Waals surface area contributed by atoms with Gasteiger partial charge in [0.25, 0.3) is 5.91 Å². The van der Waals surface area contributed by atoms with Crippen LogP contribution in [-0.2, 0) is 6.42 Å². The van der Waals surface area contributed by atoms with Crippen molar-refractivity contribution < 1.29 is 19.0 Å². The average molecular weight is 573 g/mol. The number of carbonyl (C=O) groups is 1. The summed E-state index contributed by atoms with van der Waals surface area (Å²) in [4.78, 5) is 13.7. The molecule has 0 radical (unpaired) electrons. The van der Waals surface area contributed by atoms with Crippen LogP contribution in [0, 0.1) is 0 Å². The van der Waals surface area contributed by atoms with Crippen LogP contribution in [0.2, 0.25) is 0 Å². The van der Waals surface area contributed by atoms with E-state index in [0.717, 1.165) is 43.4 Å². The maximum absolute atomic E-state index is 13.7. The monoisotopic (exact) mass is 572 g/mol. The minimum atomic E-state index is -2.93. The summed E-state index contributed by atoms with van der Waals surface area (Å²) in [5.41, 5.74) is 2.87. The van der Waals surface area contributed by atoms with Gasteiger partial charge in [-0.15, -0.1) is 10.8 Å². The summed E-state index contributed by atoms with van der Waals surface area (Å²) in [5, 5.41) is 21.5. The number of aliphatic hydroxyl groups is 1. The van der Waals surface area contributed by atoms with Crippen molar-refractivity contribution in [2.75, 3.05) is 35.0 Å². The van der Waals surface area contributed by atoms with Gasteiger partial charge in [0.05, 0.1) is 23.6 Å². The number of hydrogen-bond acceptors (Lipinski definition) is 7. The zero-order valence-electron chi connectivity index (χ0n) is 24.1. The number of amides is 1. The molecule has 1 heterocycles. The van der Waals surface area contributed by atoms with Gasteiger partial charge in [0.2, 0.25) is 0 Å². The van der Waals surface area contributed by atoms with Crippen molar-refractivity contribution in [1.29, 1.82) is 0 Å². The molecule has 2 aromatic carbocycles. The van der Waals surface area contributed by atoms with E-state index in [1.807, 2.05) is 43.3 Å². The molecular weight excluding hydrogens is 524 g/mol. The first kappa shape index (κ1) is 30.7. The molecule has 6 N–H and O–H groups in total. The summed E-state index contributed by atoms with van der Waals surface area (Å²) in [5.74, 6) is 0.0368. The van der Waals surface area contributed by atoms with Crippen molar-refractivity contribution in [3.05, 3.63) is 59.7 Å². The smallest absolute Gasteiger partial charge is 0.251 e. The lowest BCUT2D eigenvalue weighted by atomic mass is 9.79. The van der Waals surface area contributed by atoms with Crippen molar-refractivity contribution >= 4 is 28.1 Å². The molecule has 0 aromatic heterocycles. The van der Waals surface area contributed by atoms with Crippen LogP contribution in [0.25, 0.3) is 0 Å². The normalized spacial score (nSPS) is 20.8. The lowest BCUT2D eigenvalue weighted by Crippen LogP contribution is -2.54. The molecule has 4 rings (SSSR count). The first-order valence-electron chi connectivity index (χ1n) is 15.0. The summed E-state index contributed by atoms with van der Waals surface area (Å²) in [6.07, 6.45) is 8.26. The van der Waals surface area contributed by atoms with E-state index >= 15 is 0 Å². The summed E-state index contributed by atoms with van der Waals surface area (Å²) in [6, 6.07) is 14.8. The number of benzene rings is 2. The summed E-state index contributed by atoms with van der Waals surface area (Å²) >= 11 is 0. The molecule has 1 aliphatic carbocycles. The standard InChI is InChI=1S/C31H48N4O4S/c1-3-31(15-9-6-10-16-31)33-23-29(36)28(19-24-13-7-5-8-14-24)34-30(37)25-20-26(32-4-2)22-27(21-25)35-17-11-12-18-40(35,38)39/h5,7-8,13-14,20-22,28-29,32-33,36,38-39H,3-4,6,9-12,15-19,23H2,1-2H3,(H,34,37)/t28-,29+/m0/s1. The highest BCUT2D eigenvalue weighted by atomic mass is 32.3. The fraction of sp³-hybridized carbons (Fsp3) is 0.581. The van der Waals surface area contributed by atoms with Gasteiger partial charge in [0.1, 0.15) is 0 Å². The molecular formula is C31H48N4O4S. The highest BCUT2D eigenvalue weighted by Crippen LogP contribution is 2.50. The molecule has 40 heavy (non-hydrogen) atoms. The van der Waals surface area contributed by atoms with E-state index in [2.05, 4.69) is 22.9 Å². The highest BCUT2D eigenvalue weighted by molar-refractivity contribution is 8.25. The van der Waals surface area contributed by atoms with Gasteiger partial charge < -0.3 is 21.1 Å². The average Bonchev–Trinajstić information content (AvgIpc) is 2.96. The molecule has 222 valence electrons. The molecule has 2 atom stereocenters. The second kappa shape index (κ2) is 14.0. The Labute approximate surface area is 241 Å². The van der Waals surface area contributed by atoms with E-state index in [-0.39, 0.29) is 11.4 Å². The van der Waals surface area contributed by atoms with Crippen LogP contribution in [0.3, 0.4) is 0 Å². The second-order valence-electron chi connectivity index (χ2n) is 11.4. The van der Waals surface area contributed by atoms with E-state index in [9.17, 15) is 19.0 Å². The first-order chi connectivity index (χ1) is 19.2. The van der Waals surface area contributed by atoms with Gasteiger partial charge in [0, 0.05) is 36.4 Å². The molecule has 0 spiro atoms. The molecule has 0 bridgehead atoms. The van der Waals surface area contributed by atoms with E-state index in [4.69, 9.17) is 0 Å². The number of β-amino-alcohol motifs (C(OH)–C–C–N with tert-alkyl or cyclic N) is 1. The van der Waals surface area contributed by atoms with Crippen LogP contribution in [0.1, 0.15) is 81.1 Å². The molecule has 1 amide bonds. The van der Waals surface area contributed by atoms with E-state index in [1.54, 1.807) is 16.4 Å². The van der Waals surface area contributed by atoms with Crippen molar-refractivity contribution in [3.63, 3.8) is 0 Å². The van der Waals surface area contributed by atoms with Crippen LogP contribution < -0.4 is 20.3 Å². The lowest BCUT2D eigenvalue weighted by Gasteiger charge is -2.47. The van der Waals surface area contributed by atoms with Crippen LogP contribution in [0.5, 0.6) is 0 Å². The minimum absolute atomic E-state index is 0.0491. The zero-order valence-corrected chi connectivity index (χ0v) is 24.9. The molecule has 1 saturated heterocycles. The van der Waals surface area contributed by atoms with Gasteiger partial charge >= 0.3 is 0 Å². The van der Waals surface area contributed by atoms with Crippen molar-refractivity contribution in [2.45, 2.75) is 89.3 Å². The van der Waals surface area contributed by atoms with Crippen molar-refractivity contribution in [1.82, 2.24) is 10.6 Å². The maximum Gasteiger partial charge on any atom is 0.251 e. The Morgan fingerprint density at radius 3 is 2.45 bits per heavy atom. The summed E-state index contributed by atoms with van der Waals surface area (Å²) in [7, 11) is -2.93. The number of anilines is 2. The number of rotatable bonds is 12. The van der Waals surface area contributed by atoms with E-state index < -0.39 is 22.9 Å². The number of nitrogens with zero attached hydrogens (tertiary/aromatic N) is 1. The number of hydrogen-bond donors (Lipinski definition) is 6. The largest absolute Gasteiger partial charge is 0.390 e. The fourth-order valence-corrected chi connectivity index (χ4v) is 7.72. The Balaban J connectivity index is 1.55. The van der Waals surface area contributed by atoms with Crippen LogP contribution in [0.4, 0.5) is 11.4 Å². The summed E-state index contributed by atoms with van der Waals surface area (Å²) < 4.78 is 23.1. The van der Waals surface area contributed by atoms with Crippen LogP contribution in [0.15, 0.2) is 48.5 Å². The van der Waals surface area contributed by atoms with Gasteiger partial charge in [-0.1, -0.05) is 56.5 Å². The van der Waals surface area contributed by atoms with Crippen LogP contribution in [-0.4, -0.2) is 63.2 Å². The van der Waals surface area contributed by atoms with Gasteiger partial charge in [-0.25, -0.2) is 0 Å². The van der Waals surface area contributed by atoms with Gasteiger partial charge in [0.15, 0.2) is 0 Å². The van der Waals surface area contributed by atoms with Crippen molar-refractivity contribution in [2.24, 2.45) is 0 Å². The molecule has 1 aliphatic heterocycles. The number of nitrogens with one attached hydrogen (secondary N) is 3. The highest BCUT2D eigenvalue weighted by Gasteiger charge is 2.32. The Morgan fingerprint density at radius 1 is 1.02 bits per heavy atom. The van der Waals surface area contributed by atoms with Crippen molar-refractivity contribution in [3.8, 4) is 0 Å². The SMILES string of the molecule is CCNc1cc(C(=O)N[C@@H](Cc2ccccc2)[C@H](O)CNC2(CC)CCCCC2)cc(N2CCCCS2(O)O)c1. The molecule has 2 aliphatic rings. The fourth-order valence-electron chi connectivity index (χ4n) is 6.05. The Kier molecular flexibility index (Phi) is 10.8. The molecule has 1 saturated carbocycles. The molecule has 0 unspecified atom stereocenters. The molecule has 8 nitrogen and oxygen atoms in total. The third-order valence-electron chi connectivity index (χ3n) is 8.48. The first-order valence-corrected chi connectivity index (χ1v) is 16.6. The lowest BCUT2D eigenvalue weighted by molar-refractivity contribution is 0.0788. The Bertz CT molecular complexity index is 1090. The topological polar surface area (TPSA) is 117 Å². The van der Waals surface area contributed by atoms with E-state index in [0.29, 0.717) is 43.1 Å². The van der Waals surface area contributed by atoms with Gasteiger partial charge in [-0.3, -0.25) is 18.2 Å². The minimum Gasteiger partial charge on any atom is -0.390 e. The van der Waals surface area contributed by atoms with Gasteiger partial charge in [-0.05, 0) is 69.2 Å². The number of aliphatic hydroxyl groups excluding tert-OH is 1. The predicted octanol–water partition coefficient (Wildman–Crippen LogP) is 5.79. The third-order valence-corrected chi connectivity index (χ3v) is 10.4. The molecule has 9 heteroatoms. The molecule has 2 fully saturated rings. The van der Waals surface area contributed by atoms with E-state index in [1.165, 1.54) is 19.3 Å². The maximum atomic E-state index is 13.7.